The second kappa shape index (κ2) is 5.24. The summed E-state index contributed by atoms with van der Waals surface area (Å²) < 4.78 is 1.94. The first-order valence-corrected chi connectivity index (χ1v) is 7.70. The van der Waals surface area contributed by atoms with Crippen LogP contribution in [0.25, 0.3) is 11.0 Å². The highest BCUT2D eigenvalue weighted by atomic mass is 35.5. The number of rotatable bonds is 3. The second-order valence-corrected chi connectivity index (χ2v) is 6.36. The lowest BCUT2D eigenvalue weighted by Crippen LogP contribution is -2.05. The van der Waals surface area contributed by atoms with Crippen molar-refractivity contribution < 1.29 is 0 Å². The molecular formula is C13H12Cl2N4S. The molecule has 0 bridgehead atoms. The number of nitrogens with zero attached hydrogens (tertiary/aromatic N) is 3. The molecule has 104 valence electrons. The number of hydrogen-bond donors (Lipinski definition) is 1. The third kappa shape index (κ3) is 2.49. The normalized spacial score (nSPS) is 11.3. The van der Waals surface area contributed by atoms with Crippen LogP contribution in [0.15, 0.2) is 17.5 Å². The van der Waals surface area contributed by atoms with E-state index >= 15 is 0 Å². The van der Waals surface area contributed by atoms with E-state index in [-0.39, 0.29) is 0 Å². The molecule has 0 amide bonds. The summed E-state index contributed by atoms with van der Waals surface area (Å²) in [5.41, 5.74) is 8.68. The number of nitrogen functional groups attached to an aromatic ring is 1. The first kappa shape index (κ1) is 13.7. The first-order valence-electron chi connectivity index (χ1n) is 6.06. The van der Waals surface area contributed by atoms with Crippen LogP contribution >= 0.6 is 34.5 Å². The standard InChI is InChI=1S/C13H12Cl2N4S/c1-7-17-8(6-20-7)2-3-19-12-5-10(15)9(14)4-11(12)18-13(19)16/h4-6H,2-3H2,1H3,(H2,16,18). The number of imidazole rings is 1. The highest BCUT2D eigenvalue weighted by molar-refractivity contribution is 7.09. The molecular weight excluding hydrogens is 315 g/mol. The summed E-state index contributed by atoms with van der Waals surface area (Å²) in [5, 5.41) is 4.12. The third-order valence-electron chi connectivity index (χ3n) is 3.08. The van der Waals surface area contributed by atoms with E-state index in [0.717, 1.165) is 28.2 Å². The van der Waals surface area contributed by atoms with E-state index in [4.69, 9.17) is 28.9 Å². The molecule has 0 aliphatic heterocycles. The van der Waals surface area contributed by atoms with Crippen molar-refractivity contribution in [3.8, 4) is 0 Å². The molecule has 0 aliphatic rings. The summed E-state index contributed by atoms with van der Waals surface area (Å²) in [6.45, 7) is 2.71. The number of nitrogens with two attached hydrogens (primary N) is 1. The summed E-state index contributed by atoms with van der Waals surface area (Å²) in [6, 6.07) is 3.54. The highest BCUT2D eigenvalue weighted by Crippen LogP contribution is 2.29. The van der Waals surface area contributed by atoms with E-state index in [9.17, 15) is 0 Å². The van der Waals surface area contributed by atoms with Gasteiger partial charge in [-0.05, 0) is 19.1 Å². The summed E-state index contributed by atoms with van der Waals surface area (Å²) in [7, 11) is 0. The van der Waals surface area contributed by atoms with Crippen LogP contribution in [0.3, 0.4) is 0 Å². The van der Waals surface area contributed by atoms with Crippen LogP contribution in [-0.2, 0) is 13.0 Å². The molecule has 0 atom stereocenters. The van der Waals surface area contributed by atoms with Crippen LogP contribution in [0.5, 0.6) is 0 Å². The molecule has 0 saturated carbocycles. The third-order valence-corrected chi connectivity index (χ3v) is 4.62. The Morgan fingerprint density at radius 1 is 1.25 bits per heavy atom. The number of thiazole rings is 1. The molecule has 7 heteroatoms. The van der Waals surface area contributed by atoms with Gasteiger partial charge in [-0.25, -0.2) is 9.97 Å². The maximum absolute atomic E-state index is 6.06. The van der Waals surface area contributed by atoms with Gasteiger partial charge in [0.25, 0.3) is 0 Å². The summed E-state index contributed by atoms with van der Waals surface area (Å²) >= 11 is 13.7. The SMILES string of the molecule is Cc1nc(CCn2c(N)nc3cc(Cl)c(Cl)cc32)cs1. The Bertz CT molecular complexity index is 778. The molecule has 1 aromatic carbocycles. The number of fused-ring (bicyclic) bond motifs is 1. The van der Waals surface area contributed by atoms with Crippen molar-refractivity contribution in [1.82, 2.24) is 14.5 Å². The minimum absolute atomic E-state index is 0.463. The van der Waals surface area contributed by atoms with Crippen molar-refractivity contribution in [3.05, 3.63) is 38.3 Å². The molecule has 2 N–H and O–H groups in total. The van der Waals surface area contributed by atoms with Gasteiger partial charge < -0.3 is 10.3 Å². The van der Waals surface area contributed by atoms with Crippen molar-refractivity contribution >= 4 is 51.5 Å². The van der Waals surface area contributed by atoms with Crippen molar-refractivity contribution in [1.29, 1.82) is 0 Å². The van der Waals surface area contributed by atoms with Gasteiger partial charge in [0.2, 0.25) is 5.95 Å². The van der Waals surface area contributed by atoms with E-state index < -0.39 is 0 Å². The minimum atomic E-state index is 0.463. The molecule has 0 radical (unpaired) electrons. The lowest BCUT2D eigenvalue weighted by atomic mass is 10.3. The van der Waals surface area contributed by atoms with E-state index in [1.807, 2.05) is 11.5 Å². The fraction of sp³-hybridized carbons (Fsp3) is 0.231. The van der Waals surface area contributed by atoms with E-state index in [2.05, 4.69) is 15.3 Å². The Kier molecular flexibility index (Phi) is 3.58. The maximum atomic E-state index is 6.06. The fourth-order valence-corrected chi connectivity index (χ4v) is 3.09. The molecule has 2 heterocycles. The Balaban J connectivity index is 1.94. The van der Waals surface area contributed by atoms with E-state index in [1.54, 1.807) is 23.5 Å². The predicted molar refractivity (Wildman–Crippen MR) is 84.7 cm³/mol. The topological polar surface area (TPSA) is 56.7 Å². The molecule has 0 spiro atoms. The molecule has 0 unspecified atom stereocenters. The molecule has 2 aromatic heterocycles. The molecule has 0 aliphatic carbocycles. The quantitative estimate of drug-likeness (QED) is 0.793. The van der Waals surface area contributed by atoms with Crippen molar-refractivity contribution in [3.63, 3.8) is 0 Å². The average Bonchev–Trinajstić information content (AvgIpc) is 2.92. The second-order valence-electron chi connectivity index (χ2n) is 4.48. The van der Waals surface area contributed by atoms with Gasteiger partial charge in [0, 0.05) is 18.3 Å². The number of aryl methyl sites for hydroxylation is 3. The van der Waals surface area contributed by atoms with E-state index in [1.165, 1.54) is 0 Å². The lowest BCUT2D eigenvalue weighted by Gasteiger charge is -2.05. The Hall–Kier alpha value is -1.30. The highest BCUT2D eigenvalue weighted by Gasteiger charge is 2.11. The first-order chi connectivity index (χ1) is 9.54. The number of hydrogen-bond acceptors (Lipinski definition) is 4. The van der Waals surface area contributed by atoms with Crippen molar-refractivity contribution in [2.75, 3.05) is 5.73 Å². The van der Waals surface area contributed by atoms with E-state index in [0.29, 0.717) is 22.5 Å². The van der Waals surface area contributed by atoms with Gasteiger partial charge in [-0.15, -0.1) is 11.3 Å². The molecule has 4 nitrogen and oxygen atoms in total. The van der Waals surface area contributed by atoms with Crippen LogP contribution in [0.2, 0.25) is 10.0 Å². The van der Waals surface area contributed by atoms with Gasteiger partial charge in [-0.2, -0.15) is 0 Å². The van der Waals surface area contributed by atoms with Crippen molar-refractivity contribution in [2.24, 2.45) is 0 Å². The monoisotopic (exact) mass is 326 g/mol. The molecule has 3 aromatic rings. The summed E-state index contributed by atoms with van der Waals surface area (Å²) in [4.78, 5) is 8.76. The Morgan fingerprint density at radius 2 is 2.00 bits per heavy atom. The Morgan fingerprint density at radius 3 is 2.70 bits per heavy atom. The average molecular weight is 327 g/mol. The lowest BCUT2D eigenvalue weighted by molar-refractivity contribution is 0.715. The number of halogens is 2. The molecule has 3 rings (SSSR count). The van der Waals surface area contributed by atoms with Crippen LogP contribution in [-0.4, -0.2) is 14.5 Å². The van der Waals surface area contributed by atoms with Crippen LogP contribution in [0, 0.1) is 6.92 Å². The van der Waals surface area contributed by atoms with Gasteiger partial charge in [-0.1, -0.05) is 23.2 Å². The van der Waals surface area contributed by atoms with Gasteiger partial charge in [-0.3, -0.25) is 0 Å². The number of benzene rings is 1. The largest absolute Gasteiger partial charge is 0.369 e. The van der Waals surface area contributed by atoms with Crippen LogP contribution in [0.4, 0.5) is 5.95 Å². The predicted octanol–water partition coefficient (Wildman–Crippen LogP) is 3.93. The zero-order valence-electron chi connectivity index (χ0n) is 10.7. The number of anilines is 1. The maximum Gasteiger partial charge on any atom is 0.201 e. The molecule has 20 heavy (non-hydrogen) atoms. The Labute approximate surface area is 130 Å². The van der Waals surface area contributed by atoms with Crippen molar-refractivity contribution in [2.45, 2.75) is 19.9 Å². The smallest absolute Gasteiger partial charge is 0.201 e. The van der Waals surface area contributed by atoms with Gasteiger partial charge >= 0.3 is 0 Å². The fourth-order valence-electron chi connectivity index (χ4n) is 2.12. The van der Waals surface area contributed by atoms with Gasteiger partial charge in [0.15, 0.2) is 0 Å². The summed E-state index contributed by atoms with van der Waals surface area (Å²) in [5.74, 6) is 0.463. The zero-order valence-corrected chi connectivity index (χ0v) is 13.1. The minimum Gasteiger partial charge on any atom is -0.369 e. The van der Waals surface area contributed by atoms with Gasteiger partial charge in [0.05, 0.1) is 31.8 Å². The molecule has 0 saturated heterocycles. The molecule has 0 fully saturated rings. The summed E-state index contributed by atoms with van der Waals surface area (Å²) in [6.07, 6.45) is 0.806. The zero-order chi connectivity index (χ0) is 14.3. The van der Waals surface area contributed by atoms with Gasteiger partial charge in [0.1, 0.15) is 0 Å². The van der Waals surface area contributed by atoms with Crippen LogP contribution < -0.4 is 5.73 Å². The number of aromatic nitrogens is 3. The van der Waals surface area contributed by atoms with Crippen LogP contribution in [0.1, 0.15) is 10.7 Å².